The van der Waals surface area contributed by atoms with Gasteiger partial charge in [0.25, 0.3) is 0 Å². The van der Waals surface area contributed by atoms with Crippen LogP contribution in [0.25, 0.3) is 22.2 Å². The zero-order valence-corrected chi connectivity index (χ0v) is 14.5. The maximum absolute atomic E-state index is 12.5. The summed E-state index contributed by atoms with van der Waals surface area (Å²) in [4.78, 5) is 15.5. The fourth-order valence-corrected chi connectivity index (χ4v) is 3.02. The van der Waals surface area contributed by atoms with Gasteiger partial charge in [0.05, 0.1) is 29.8 Å². The molecule has 1 N–H and O–H groups in total. The zero-order chi connectivity index (χ0) is 19.0. The molecule has 3 heterocycles. The Bertz CT molecular complexity index is 1010. The second kappa shape index (κ2) is 6.99. The van der Waals surface area contributed by atoms with Gasteiger partial charge in [-0.3, -0.25) is 9.67 Å². The number of hydrogen-bond donors (Lipinski definition) is 1. The number of amides is 1. The van der Waals surface area contributed by atoms with Crippen LogP contribution in [-0.2, 0) is 11.3 Å². The van der Waals surface area contributed by atoms with E-state index >= 15 is 0 Å². The molecule has 4 rings (SSSR count). The first-order chi connectivity index (χ1) is 13.0. The number of pyridine rings is 1. The van der Waals surface area contributed by atoms with E-state index in [4.69, 9.17) is 16.3 Å². The van der Waals surface area contributed by atoms with Gasteiger partial charge in [-0.15, -0.1) is 0 Å². The molecule has 1 unspecified atom stereocenters. The lowest BCUT2D eigenvalue weighted by Gasteiger charge is -2.11. The first-order valence-corrected chi connectivity index (χ1v) is 8.38. The Morgan fingerprint density at radius 2 is 2.19 bits per heavy atom. The highest BCUT2D eigenvalue weighted by Gasteiger charge is 2.23. The van der Waals surface area contributed by atoms with Crippen LogP contribution in [0.4, 0.5) is 13.6 Å². The van der Waals surface area contributed by atoms with Gasteiger partial charge >= 0.3 is 12.7 Å². The molecule has 140 valence electrons. The molecule has 1 saturated heterocycles. The van der Waals surface area contributed by atoms with Gasteiger partial charge in [-0.2, -0.15) is 13.9 Å². The van der Waals surface area contributed by atoms with E-state index in [1.807, 2.05) is 6.07 Å². The van der Waals surface area contributed by atoms with Crippen LogP contribution in [0.15, 0.2) is 36.7 Å². The first kappa shape index (κ1) is 17.5. The number of hydrogen-bond acceptors (Lipinski definition) is 5. The molecule has 3 aromatic rings. The summed E-state index contributed by atoms with van der Waals surface area (Å²) in [5.41, 5.74) is 2.68. The van der Waals surface area contributed by atoms with Crippen LogP contribution in [0.2, 0.25) is 5.02 Å². The number of ether oxygens (including phenoxy) is 2. The summed E-state index contributed by atoms with van der Waals surface area (Å²) in [6.07, 6.45) is 2.44. The summed E-state index contributed by atoms with van der Waals surface area (Å²) in [6, 6.07) is 6.43. The van der Waals surface area contributed by atoms with E-state index in [0.717, 1.165) is 5.52 Å². The minimum atomic E-state index is -2.97. The van der Waals surface area contributed by atoms with Crippen molar-refractivity contribution in [2.24, 2.45) is 0 Å². The maximum atomic E-state index is 12.5. The molecule has 1 aliphatic heterocycles. The highest BCUT2D eigenvalue weighted by Crippen LogP contribution is 2.32. The van der Waals surface area contributed by atoms with Gasteiger partial charge in [-0.25, -0.2) is 4.79 Å². The van der Waals surface area contributed by atoms with E-state index in [0.29, 0.717) is 29.7 Å². The van der Waals surface area contributed by atoms with Crippen molar-refractivity contribution in [2.45, 2.75) is 19.3 Å². The SMILES string of the molecule is O=C1NCC(Cn2ncc3ncc(-c4ccc(Cl)c(OC(F)F)c4)cc32)O1. The van der Waals surface area contributed by atoms with Crippen molar-refractivity contribution in [1.82, 2.24) is 20.1 Å². The van der Waals surface area contributed by atoms with E-state index < -0.39 is 12.7 Å². The number of rotatable bonds is 5. The third-order valence-corrected chi connectivity index (χ3v) is 4.41. The predicted molar refractivity (Wildman–Crippen MR) is 92.9 cm³/mol. The van der Waals surface area contributed by atoms with Gasteiger partial charge in [0.1, 0.15) is 17.4 Å². The summed E-state index contributed by atoms with van der Waals surface area (Å²) in [5, 5.41) is 6.96. The summed E-state index contributed by atoms with van der Waals surface area (Å²) < 4.78 is 36.3. The average Bonchev–Trinajstić information content (AvgIpc) is 3.23. The third kappa shape index (κ3) is 3.63. The molecule has 2 aromatic heterocycles. The Kier molecular flexibility index (Phi) is 4.53. The van der Waals surface area contributed by atoms with E-state index in [1.54, 1.807) is 23.1 Å². The van der Waals surface area contributed by atoms with E-state index in [1.165, 1.54) is 12.1 Å². The standard InChI is InChI=1S/C17H13ClF2N4O3/c18-12-2-1-9(4-15(12)27-16(19)20)10-3-14-13(21-5-10)7-23-24(14)8-11-6-22-17(25)26-11/h1-5,7,11,16H,6,8H2,(H,22,25). The number of alkyl halides is 2. The van der Waals surface area contributed by atoms with Gasteiger partial charge in [0.2, 0.25) is 0 Å². The molecule has 0 bridgehead atoms. The van der Waals surface area contributed by atoms with Gasteiger partial charge in [-0.05, 0) is 23.8 Å². The number of carbonyl (C=O) groups is 1. The van der Waals surface area contributed by atoms with Gasteiger partial charge < -0.3 is 14.8 Å². The van der Waals surface area contributed by atoms with Crippen molar-refractivity contribution in [3.8, 4) is 16.9 Å². The molecule has 1 atom stereocenters. The lowest BCUT2D eigenvalue weighted by Crippen LogP contribution is -2.21. The van der Waals surface area contributed by atoms with E-state index in [-0.39, 0.29) is 16.9 Å². The minimum Gasteiger partial charge on any atom is -0.442 e. The molecule has 10 heteroatoms. The van der Waals surface area contributed by atoms with Crippen LogP contribution in [-0.4, -0.2) is 40.1 Å². The maximum Gasteiger partial charge on any atom is 0.407 e. The molecular formula is C17H13ClF2N4O3. The number of nitrogens with one attached hydrogen (secondary N) is 1. The second-order valence-corrected chi connectivity index (χ2v) is 6.29. The van der Waals surface area contributed by atoms with Crippen LogP contribution in [0.1, 0.15) is 0 Å². The second-order valence-electron chi connectivity index (χ2n) is 5.89. The normalized spacial score (nSPS) is 16.6. The van der Waals surface area contributed by atoms with Crippen molar-refractivity contribution in [1.29, 1.82) is 0 Å². The zero-order valence-electron chi connectivity index (χ0n) is 13.7. The van der Waals surface area contributed by atoms with Crippen LogP contribution in [0, 0.1) is 0 Å². The highest BCUT2D eigenvalue weighted by atomic mass is 35.5. The smallest absolute Gasteiger partial charge is 0.407 e. The molecule has 27 heavy (non-hydrogen) atoms. The quantitative estimate of drug-likeness (QED) is 0.717. The summed E-state index contributed by atoms with van der Waals surface area (Å²) in [5.74, 6) is -0.110. The topological polar surface area (TPSA) is 78.3 Å². The Morgan fingerprint density at radius 3 is 2.93 bits per heavy atom. The monoisotopic (exact) mass is 394 g/mol. The number of benzene rings is 1. The molecule has 0 saturated carbocycles. The Hall–Kier alpha value is -2.94. The Morgan fingerprint density at radius 1 is 1.33 bits per heavy atom. The number of carbonyl (C=O) groups excluding carboxylic acids is 1. The number of fused-ring (bicyclic) bond motifs is 1. The number of aromatic nitrogens is 3. The lowest BCUT2D eigenvalue weighted by atomic mass is 10.1. The number of halogens is 3. The van der Waals surface area contributed by atoms with Gasteiger partial charge in [0, 0.05) is 11.8 Å². The lowest BCUT2D eigenvalue weighted by molar-refractivity contribution is -0.0497. The van der Waals surface area contributed by atoms with Crippen molar-refractivity contribution in [3.63, 3.8) is 0 Å². The molecule has 7 nitrogen and oxygen atoms in total. The molecule has 0 radical (unpaired) electrons. The van der Waals surface area contributed by atoms with Crippen LogP contribution in [0.5, 0.6) is 5.75 Å². The molecular weight excluding hydrogens is 382 g/mol. The Labute approximate surface area is 156 Å². The fraction of sp³-hybridized carbons (Fsp3) is 0.235. The van der Waals surface area contributed by atoms with Crippen LogP contribution in [0.3, 0.4) is 0 Å². The Balaban J connectivity index is 1.67. The van der Waals surface area contributed by atoms with Crippen molar-refractivity contribution >= 4 is 28.7 Å². The fourth-order valence-electron chi connectivity index (χ4n) is 2.86. The average molecular weight is 395 g/mol. The van der Waals surface area contributed by atoms with Crippen LogP contribution < -0.4 is 10.1 Å². The van der Waals surface area contributed by atoms with Crippen molar-refractivity contribution < 1.29 is 23.0 Å². The molecule has 1 amide bonds. The van der Waals surface area contributed by atoms with E-state index in [2.05, 4.69) is 20.1 Å². The largest absolute Gasteiger partial charge is 0.442 e. The van der Waals surface area contributed by atoms with Gasteiger partial charge in [-0.1, -0.05) is 17.7 Å². The van der Waals surface area contributed by atoms with Gasteiger partial charge in [0.15, 0.2) is 0 Å². The summed E-state index contributed by atoms with van der Waals surface area (Å²) >= 11 is 5.90. The van der Waals surface area contributed by atoms with Crippen molar-refractivity contribution in [2.75, 3.05) is 6.54 Å². The number of nitrogens with zero attached hydrogens (tertiary/aromatic N) is 3. The molecule has 0 spiro atoms. The third-order valence-electron chi connectivity index (χ3n) is 4.10. The van der Waals surface area contributed by atoms with E-state index in [9.17, 15) is 13.6 Å². The summed E-state index contributed by atoms with van der Waals surface area (Å²) in [7, 11) is 0. The highest BCUT2D eigenvalue weighted by molar-refractivity contribution is 6.32. The summed E-state index contributed by atoms with van der Waals surface area (Å²) in [6.45, 7) is -2.20. The molecule has 1 aromatic carbocycles. The molecule has 1 fully saturated rings. The van der Waals surface area contributed by atoms with Crippen LogP contribution >= 0.6 is 11.6 Å². The molecule has 1 aliphatic rings. The van der Waals surface area contributed by atoms with Crippen molar-refractivity contribution in [3.05, 3.63) is 41.7 Å². The number of cyclic esters (lactones) is 1. The first-order valence-electron chi connectivity index (χ1n) is 8.00. The predicted octanol–water partition coefficient (Wildman–Crippen LogP) is 3.46. The number of alkyl carbamates (subject to hydrolysis) is 1. The minimum absolute atomic E-state index is 0.0914. The molecule has 0 aliphatic carbocycles.